The van der Waals surface area contributed by atoms with Gasteiger partial charge in [0, 0.05) is 26.4 Å². The van der Waals surface area contributed by atoms with Crippen LogP contribution in [0, 0.1) is 11.8 Å². The van der Waals surface area contributed by atoms with E-state index in [-0.39, 0.29) is 69.9 Å². The van der Waals surface area contributed by atoms with Gasteiger partial charge >= 0.3 is 0 Å². The first-order valence-corrected chi connectivity index (χ1v) is 23.7. The molecular formula is C44H78N14O12. The average molecular weight is 995 g/mol. The Morgan fingerprint density at radius 1 is 0.686 bits per heavy atom. The lowest BCUT2D eigenvalue weighted by molar-refractivity contribution is -0.142. The molecule has 0 aromatic rings. The molecule has 1 rings (SSSR count). The van der Waals surface area contributed by atoms with Crippen molar-refractivity contribution in [3.8, 4) is 0 Å². The highest BCUT2D eigenvalue weighted by Gasteiger charge is 2.40. The van der Waals surface area contributed by atoms with E-state index in [2.05, 4.69) is 47.5 Å². The van der Waals surface area contributed by atoms with E-state index in [4.69, 9.17) is 22.9 Å². The molecule has 1 aliphatic rings. The summed E-state index contributed by atoms with van der Waals surface area (Å²) in [6.07, 6.45) is -0.342. The molecule has 0 spiro atoms. The van der Waals surface area contributed by atoms with E-state index < -0.39 is 132 Å². The van der Waals surface area contributed by atoms with E-state index >= 15 is 0 Å². The molecule has 26 heteroatoms. The average Bonchev–Trinajstić information content (AvgIpc) is 3.78. The minimum atomic E-state index is -1.68. The van der Waals surface area contributed by atoms with Crippen LogP contribution in [0.3, 0.4) is 0 Å². The number of nitrogens with two attached hydrogens (primary N) is 4. The third-order valence-electron chi connectivity index (χ3n) is 11.4. The third-order valence-corrected chi connectivity index (χ3v) is 11.4. The highest BCUT2D eigenvalue weighted by Crippen LogP contribution is 2.21. The zero-order valence-corrected chi connectivity index (χ0v) is 41.7. The van der Waals surface area contributed by atoms with E-state index in [1.807, 2.05) is 0 Å². The summed E-state index contributed by atoms with van der Waals surface area (Å²) in [6.45, 7) is 12.3. The SMILES string of the molecule is CCC[C@H](NC(=O)[C@@H](NC(=O)[C@@H](CC(C)C)NC(=O)[C@H](CCC(N)=O)NC(=O)CNC(C)=O)[C@@H](C)O)C(=O)N[C@H](C(=O)N[C@@H](CCCN=C(N)N)C(=O)N1CCC[C@H]1C(=O)N[C@H](C)C(N)=O)[C@@H](C)CC. The van der Waals surface area contributed by atoms with Crippen LogP contribution in [0.25, 0.3) is 0 Å². The van der Waals surface area contributed by atoms with Crippen LogP contribution in [-0.4, -0.2) is 155 Å². The first-order chi connectivity index (χ1) is 32.7. The van der Waals surface area contributed by atoms with Crippen molar-refractivity contribution < 1.29 is 57.8 Å². The largest absolute Gasteiger partial charge is 0.391 e. The van der Waals surface area contributed by atoms with Gasteiger partial charge in [-0.05, 0) is 70.6 Å². The molecule has 10 atom stereocenters. The zero-order chi connectivity index (χ0) is 53.4. The van der Waals surface area contributed by atoms with Crippen molar-refractivity contribution in [3.05, 3.63) is 0 Å². The van der Waals surface area contributed by atoms with Crippen molar-refractivity contribution in [2.45, 2.75) is 174 Å². The van der Waals surface area contributed by atoms with Crippen molar-refractivity contribution in [2.75, 3.05) is 19.6 Å². The van der Waals surface area contributed by atoms with Crippen molar-refractivity contribution in [2.24, 2.45) is 39.8 Å². The number of amides is 11. The number of primary amides is 2. The van der Waals surface area contributed by atoms with Gasteiger partial charge in [-0.1, -0.05) is 47.5 Å². The van der Waals surface area contributed by atoms with Gasteiger partial charge in [-0.3, -0.25) is 57.7 Å². The van der Waals surface area contributed by atoms with E-state index in [9.17, 15) is 57.8 Å². The maximum atomic E-state index is 14.2. The van der Waals surface area contributed by atoms with Gasteiger partial charge in [0.15, 0.2) is 5.96 Å². The van der Waals surface area contributed by atoms with E-state index in [0.717, 1.165) is 0 Å². The number of likely N-dealkylation sites (tertiary alicyclic amines) is 1. The molecule has 1 heterocycles. The lowest BCUT2D eigenvalue weighted by Gasteiger charge is -2.32. The lowest BCUT2D eigenvalue weighted by atomic mass is 9.96. The molecule has 0 aliphatic carbocycles. The molecule has 1 fully saturated rings. The smallest absolute Gasteiger partial charge is 0.245 e. The van der Waals surface area contributed by atoms with E-state index in [1.54, 1.807) is 34.6 Å². The minimum absolute atomic E-state index is 0.0148. The number of aliphatic hydroxyl groups is 1. The number of hydrogen-bond donors (Lipinski definition) is 13. The number of nitrogens with one attached hydrogen (secondary N) is 8. The topological polar surface area (TPSA) is 424 Å². The van der Waals surface area contributed by atoms with E-state index in [1.165, 1.54) is 25.7 Å². The molecule has 26 nitrogen and oxygen atoms in total. The molecule has 0 aromatic heterocycles. The molecular weight excluding hydrogens is 917 g/mol. The predicted octanol–water partition coefficient (Wildman–Crippen LogP) is -4.40. The molecule has 0 radical (unpaired) electrons. The second kappa shape index (κ2) is 30.8. The maximum absolute atomic E-state index is 14.2. The first kappa shape index (κ1) is 61.4. The normalized spacial score (nSPS) is 17.1. The summed E-state index contributed by atoms with van der Waals surface area (Å²) in [5.41, 5.74) is 21.6. The Morgan fingerprint density at radius 2 is 1.24 bits per heavy atom. The third kappa shape index (κ3) is 21.8. The number of carbonyl (C=O) groups excluding carboxylic acids is 11. The number of aliphatic imine (C=N–C) groups is 1. The predicted molar refractivity (Wildman–Crippen MR) is 256 cm³/mol. The van der Waals surface area contributed by atoms with Gasteiger partial charge < -0.3 is 75.5 Å². The fraction of sp³-hybridized carbons (Fsp3) is 0.727. The van der Waals surface area contributed by atoms with Gasteiger partial charge in [0.1, 0.15) is 48.3 Å². The number of hydrogen-bond acceptors (Lipinski definition) is 13. The summed E-state index contributed by atoms with van der Waals surface area (Å²) >= 11 is 0. The molecule has 0 unspecified atom stereocenters. The van der Waals surface area contributed by atoms with Crippen molar-refractivity contribution in [1.29, 1.82) is 0 Å². The first-order valence-electron chi connectivity index (χ1n) is 23.7. The summed E-state index contributed by atoms with van der Waals surface area (Å²) < 4.78 is 0. The minimum Gasteiger partial charge on any atom is -0.391 e. The van der Waals surface area contributed by atoms with Crippen LogP contribution in [0.4, 0.5) is 0 Å². The Bertz CT molecular complexity index is 1880. The highest BCUT2D eigenvalue weighted by molar-refractivity contribution is 5.98. The number of carbonyl (C=O) groups is 11. The monoisotopic (exact) mass is 995 g/mol. The lowest BCUT2D eigenvalue weighted by Crippen LogP contribution is -2.62. The Morgan fingerprint density at radius 3 is 1.79 bits per heavy atom. The van der Waals surface area contributed by atoms with Crippen molar-refractivity contribution in [1.82, 2.24) is 47.4 Å². The van der Waals surface area contributed by atoms with E-state index in [0.29, 0.717) is 19.3 Å². The quantitative estimate of drug-likeness (QED) is 0.0177. The fourth-order valence-corrected chi connectivity index (χ4v) is 7.32. The molecule has 1 saturated heterocycles. The van der Waals surface area contributed by atoms with Gasteiger partial charge in [0.25, 0.3) is 0 Å². The summed E-state index contributed by atoms with van der Waals surface area (Å²) in [4.78, 5) is 149. The molecule has 396 valence electrons. The Kier molecular flexibility index (Phi) is 27.0. The Labute approximate surface area is 408 Å². The molecule has 1 aliphatic heterocycles. The molecule has 70 heavy (non-hydrogen) atoms. The summed E-state index contributed by atoms with van der Waals surface area (Å²) in [5.74, 6) is -9.25. The van der Waals surface area contributed by atoms with Crippen LogP contribution >= 0.6 is 0 Å². The Hall–Kier alpha value is -6.60. The van der Waals surface area contributed by atoms with Crippen LogP contribution in [0.5, 0.6) is 0 Å². The second-order valence-electron chi connectivity index (χ2n) is 18.0. The zero-order valence-electron chi connectivity index (χ0n) is 41.7. The molecule has 0 saturated carbocycles. The number of guanidine groups is 1. The number of rotatable bonds is 31. The van der Waals surface area contributed by atoms with Crippen LogP contribution in [0.2, 0.25) is 0 Å². The highest BCUT2D eigenvalue weighted by atomic mass is 16.3. The van der Waals surface area contributed by atoms with Gasteiger partial charge in [-0.15, -0.1) is 0 Å². The van der Waals surface area contributed by atoms with Gasteiger partial charge in [-0.25, -0.2) is 0 Å². The van der Waals surface area contributed by atoms with Gasteiger partial charge in [0.05, 0.1) is 12.6 Å². The standard InChI is InChI=1S/C44H78N14O12/c1-9-13-27(53-42(69)35(25(7)59)57-39(66)30(20-22(3)4)55-37(64)28(16-17-32(45)61)52-33(62)21-50-26(8)60)38(65)56-34(23(5)10-2)41(68)54-29(14-11-18-49-44(47)48)43(70)58-19-12-15-31(58)40(67)51-24(6)36(46)63/h22-25,27-31,34-35,59H,9-21H2,1-8H3,(H2,45,61)(H2,46,63)(H,50,60)(H,51,67)(H,52,62)(H,53,69)(H,54,68)(H,55,64)(H,56,65)(H,57,66)(H4,47,48,49)/t23-,24+,25+,27-,28-,29-,30+,31-,34-,35-/m0/s1. The summed E-state index contributed by atoms with van der Waals surface area (Å²) in [7, 11) is 0. The molecule has 0 aromatic carbocycles. The molecule has 0 bridgehead atoms. The van der Waals surface area contributed by atoms with Crippen molar-refractivity contribution >= 4 is 70.9 Å². The molecule has 11 amide bonds. The van der Waals surface area contributed by atoms with Crippen LogP contribution in [0.15, 0.2) is 4.99 Å². The summed E-state index contributed by atoms with van der Waals surface area (Å²) in [6, 6.07) is -10.1. The van der Waals surface area contributed by atoms with Crippen LogP contribution < -0.4 is 65.5 Å². The van der Waals surface area contributed by atoms with Gasteiger partial charge in [-0.2, -0.15) is 0 Å². The maximum Gasteiger partial charge on any atom is 0.245 e. The fourth-order valence-electron chi connectivity index (χ4n) is 7.32. The summed E-state index contributed by atoms with van der Waals surface area (Å²) in [5, 5.41) is 31.0. The Balaban J connectivity index is 3.39. The van der Waals surface area contributed by atoms with Crippen molar-refractivity contribution in [3.63, 3.8) is 0 Å². The second-order valence-corrected chi connectivity index (χ2v) is 18.0. The van der Waals surface area contributed by atoms with Crippen LogP contribution in [0.1, 0.15) is 120 Å². The number of aliphatic hydroxyl groups excluding tert-OH is 1. The van der Waals surface area contributed by atoms with Gasteiger partial charge in [0.2, 0.25) is 65.0 Å². The van der Waals surface area contributed by atoms with Crippen LogP contribution in [-0.2, 0) is 52.7 Å². The number of nitrogens with zero attached hydrogens (tertiary/aromatic N) is 2. The molecule has 17 N–H and O–H groups in total.